The number of nitrogens with zero attached hydrogens (tertiary/aromatic N) is 4. The maximum atomic E-state index is 12.4. The van der Waals surface area contributed by atoms with E-state index in [2.05, 4.69) is 26.2 Å². The lowest BCUT2D eigenvalue weighted by molar-refractivity contribution is -0.119. The number of carbonyl (C=O) groups excluding carboxylic acids is 3. The summed E-state index contributed by atoms with van der Waals surface area (Å²) in [5, 5.41) is 16.3. The molecule has 2 aromatic carbocycles. The zero-order valence-corrected chi connectivity index (χ0v) is 17.1. The molecule has 10 nitrogen and oxygen atoms in total. The zero-order valence-electron chi connectivity index (χ0n) is 17.1. The van der Waals surface area contributed by atoms with Crippen molar-refractivity contribution in [1.29, 1.82) is 0 Å². The van der Waals surface area contributed by atoms with Gasteiger partial charge in [0.25, 0.3) is 11.8 Å². The fourth-order valence-corrected chi connectivity index (χ4v) is 2.64. The number of para-hydroxylation sites is 1. The Hall–Kier alpha value is -4.08. The highest BCUT2D eigenvalue weighted by Gasteiger charge is 2.15. The molecule has 1 aromatic heterocycles. The van der Waals surface area contributed by atoms with Crippen molar-refractivity contribution >= 4 is 23.5 Å². The standard InChI is InChI=1S/C21H22N6O4/c1-14(2)11-22-20(29)17-8-3-4-9-18(17)24-19(28)12-31-21(30)15-6-5-7-16(10-15)27-13-23-25-26-27/h3-10,13-14H,11-12H2,1-2H3,(H,22,29)(H,24,28). The molecule has 31 heavy (non-hydrogen) atoms. The van der Waals surface area contributed by atoms with Crippen molar-refractivity contribution in [2.24, 2.45) is 5.92 Å². The Labute approximate surface area is 178 Å². The van der Waals surface area contributed by atoms with E-state index in [0.717, 1.165) is 0 Å². The van der Waals surface area contributed by atoms with Gasteiger partial charge in [-0.05, 0) is 46.7 Å². The van der Waals surface area contributed by atoms with Gasteiger partial charge in [-0.2, -0.15) is 0 Å². The number of hydrogen-bond donors (Lipinski definition) is 2. The van der Waals surface area contributed by atoms with Crippen LogP contribution in [-0.2, 0) is 9.53 Å². The minimum Gasteiger partial charge on any atom is -0.452 e. The number of anilines is 1. The van der Waals surface area contributed by atoms with Crippen LogP contribution < -0.4 is 10.6 Å². The first-order chi connectivity index (χ1) is 14.9. The van der Waals surface area contributed by atoms with Crippen LogP contribution in [0.15, 0.2) is 54.9 Å². The van der Waals surface area contributed by atoms with Gasteiger partial charge in [0, 0.05) is 6.54 Å². The average molecular weight is 422 g/mol. The lowest BCUT2D eigenvalue weighted by Gasteiger charge is -2.12. The van der Waals surface area contributed by atoms with E-state index < -0.39 is 18.5 Å². The largest absolute Gasteiger partial charge is 0.452 e. The molecule has 0 aliphatic heterocycles. The number of carbonyl (C=O) groups is 3. The second kappa shape index (κ2) is 10.1. The molecule has 3 aromatic rings. The minimum absolute atomic E-state index is 0.245. The molecule has 0 fully saturated rings. The molecule has 1 heterocycles. The van der Waals surface area contributed by atoms with Crippen LogP contribution in [0.25, 0.3) is 5.69 Å². The summed E-state index contributed by atoms with van der Waals surface area (Å²) >= 11 is 0. The van der Waals surface area contributed by atoms with Gasteiger partial charge < -0.3 is 15.4 Å². The molecule has 0 saturated heterocycles. The third-order valence-electron chi connectivity index (χ3n) is 4.15. The van der Waals surface area contributed by atoms with Gasteiger partial charge in [0.2, 0.25) is 0 Å². The van der Waals surface area contributed by atoms with Crippen molar-refractivity contribution in [1.82, 2.24) is 25.5 Å². The number of esters is 1. The Morgan fingerprint density at radius 3 is 2.65 bits per heavy atom. The molecule has 0 saturated carbocycles. The lowest BCUT2D eigenvalue weighted by Crippen LogP contribution is -2.29. The van der Waals surface area contributed by atoms with Crippen molar-refractivity contribution in [3.05, 3.63) is 66.0 Å². The topological polar surface area (TPSA) is 128 Å². The molecule has 0 unspecified atom stereocenters. The molecule has 0 bridgehead atoms. The first-order valence-electron chi connectivity index (χ1n) is 9.61. The Morgan fingerprint density at radius 2 is 1.90 bits per heavy atom. The minimum atomic E-state index is -0.673. The van der Waals surface area contributed by atoms with Gasteiger partial charge in [-0.25, -0.2) is 9.48 Å². The number of hydrogen-bond acceptors (Lipinski definition) is 7. The number of benzene rings is 2. The van der Waals surface area contributed by atoms with Crippen molar-refractivity contribution in [3.8, 4) is 5.69 Å². The number of ether oxygens (including phenoxy) is 1. The van der Waals surface area contributed by atoms with Gasteiger partial charge in [0.05, 0.1) is 22.5 Å². The summed E-state index contributed by atoms with van der Waals surface area (Å²) in [6, 6.07) is 13.1. The third-order valence-corrected chi connectivity index (χ3v) is 4.15. The number of amides is 2. The van der Waals surface area contributed by atoms with Gasteiger partial charge in [-0.1, -0.05) is 32.0 Å². The number of tetrazole rings is 1. The fourth-order valence-electron chi connectivity index (χ4n) is 2.64. The summed E-state index contributed by atoms with van der Waals surface area (Å²) in [5.41, 5.74) is 1.49. The Balaban J connectivity index is 1.59. The fraction of sp³-hybridized carbons (Fsp3) is 0.238. The van der Waals surface area contributed by atoms with E-state index in [9.17, 15) is 14.4 Å². The Bertz CT molecular complexity index is 1070. The van der Waals surface area contributed by atoms with Crippen molar-refractivity contribution in [2.45, 2.75) is 13.8 Å². The smallest absolute Gasteiger partial charge is 0.338 e. The molecular weight excluding hydrogens is 400 g/mol. The lowest BCUT2D eigenvalue weighted by atomic mass is 10.1. The molecule has 160 valence electrons. The van der Waals surface area contributed by atoms with Crippen molar-refractivity contribution in [2.75, 3.05) is 18.5 Å². The third kappa shape index (κ3) is 5.95. The second-order valence-electron chi connectivity index (χ2n) is 7.08. The maximum Gasteiger partial charge on any atom is 0.338 e. The van der Waals surface area contributed by atoms with Crippen LogP contribution in [0.4, 0.5) is 5.69 Å². The van der Waals surface area contributed by atoms with E-state index >= 15 is 0 Å². The first-order valence-corrected chi connectivity index (χ1v) is 9.61. The normalized spacial score (nSPS) is 10.5. The van der Waals surface area contributed by atoms with Crippen molar-refractivity contribution < 1.29 is 19.1 Å². The summed E-state index contributed by atoms with van der Waals surface area (Å²) in [6.07, 6.45) is 1.40. The van der Waals surface area contributed by atoms with E-state index in [1.807, 2.05) is 13.8 Å². The van der Waals surface area contributed by atoms with E-state index in [0.29, 0.717) is 29.4 Å². The van der Waals surface area contributed by atoms with Crippen LogP contribution in [0.5, 0.6) is 0 Å². The first kappa shape index (κ1) is 21.6. The molecule has 0 aliphatic carbocycles. The van der Waals surface area contributed by atoms with Crippen LogP contribution in [0.3, 0.4) is 0 Å². The molecule has 0 radical (unpaired) electrons. The van der Waals surface area contributed by atoms with Crippen LogP contribution in [0.1, 0.15) is 34.6 Å². The summed E-state index contributed by atoms with van der Waals surface area (Å²) < 4.78 is 6.49. The monoisotopic (exact) mass is 422 g/mol. The number of rotatable bonds is 8. The molecule has 0 atom stereocenters. The summed E-state index contributed by atoms with van der Waals surface area (Å²) in [7, 11) is 0. The highest BCUT2D eigenvalue weighted by atomic mass is 16.5. The van der Waals surface area contributed by atoms with Gasteiger partial charge in [-0.15, -0.1) is 5.10 Å². The van der Waals surface area contributed by atoms with E-state index in [1.165, 1.54) is 11.0 Å². The number of aromatic nitrogens is 4. The summed E-state index contributed by atoms with van der Waals surface area (Å²) in [6.45, 7) is 3.99. The maximum absolute atomic E-state index is 12.4. The van der Waals surface area contributed by atoms with Gasteiger partial charge >= 0.3 is 5.97 Å². The van der Waals surface area contributed by atoms with Crippen LogP contribution in [0.2, 0.25) is 0 Å². The highest BCUT2D eigenvalue weighted by molar-refractivity contribution is 6.04. The van der Waals surface area contributed by atoms with Gasteiger partial charge in [0.15, 0.2) is 6.61 Å². The van der Waals surface area contributed by atoms with E-state index in [1.54, 1.807) is 48.5 Å². The SMILES string of the molecule is CC(C)CNC(=O)c1ccccc1NC(=O)COC(=O)c1cccc(-n2cnnn2)c1. The van der Waals surface area contributed by atoms with Gasteiger partial charge in [-0.3, -0.25) is 9.59 Å². The Morgan fingerprint density at radius 1 is 1.10 bits per heavy atom. The molecular formula is C21H22N6O4. The number of nitrogens with one attached hydrogen (secondary N) is 2. The van der Waals surface area contributed by atoms with Crippen LogP contribution in [0, 0.1) is 5.92 Å². The van der Waals surface area contributed by atoms with E-state index in [-0.39, 0.29) is 11.5 Å². The molecule has 2 amide bonds. The molecule has 3 rings (SSSR count). The molecule has 0 aliphatic rings. The van der Waals surface area contributed by atoms with Gasteiger partial charge in [0.1, 0.15) is 6.33 Å². The predicted molar refractivity (Wildman–Crippen MR) is 112 cm³/mol. The molecule has 10 heteroatoms. The van der Waals surface area contributed by atoms with Crippen LogP contribution in [-0.4, -0.2) is 51.1 Å². The average Bonchev–Trinajstić information content (AvgIpc) is 3.31. The predicted octanol–water partition coefficient (Wildman–Crippen LogP) is 1.84. The quantitative estimate of drug-likeness (QED) is 0.530. The summed E-state index contributed by atoms with van der Waals surface area (Å²) in [5.74, 6) is -1.23. The second-order valence-corrected chi connectivity index (χ2v) is 7.08. The molecule has 0 spiro atoms. The highest BCUT2D eigenvalue weighted by Crippen LogP contribution is 2.15. The summed E-state index contributed by atoms with van der Waals surface area (Å²) in [4.78, 5) is 37.0. The van der Waals surface area contributed by atoms with Crippen LogP contribution >= 0.6 is 0 Å². The Kier molecular flexibility index (Phi) is 7.05. The molecule has 2 N–H and O–H groups in total. The zero-order chi connectivity index (χ0) is 22.2. The van der Waals surface area contributed by atoms with Crippen molar-refractivity contribution in [3.63, 3.8) is 0 Å². The van der Waals surface area contributed by atoms with E-state index in [4.69, 9.17) is 4.74 Å².